The van der Waals surface area contributed by atoms with Crippen molar-refractivity contribution in [3.05, 3.63) is 39.9 Å². The van der Waals surface area contributed by atoms with E-state index in [1.54, 1.807) is 12.1 Å². The summed E-state index contributed by atoms with van der Waals surface area (Å²) in [5.41, 5.74) is 0.268. The first-order valence-corrected chi connectivity index (χ1v) is 6.39. The Balaban J connectivity index is 2.07. The quantitative estimate of drug-likeness (QED) is 0.676. The van der Waals surface area contributed by atoms with Gasteiger partial charge in [-0.25, -0.2) is 8.78 Å². The standard InChI is InChI=1S/C13H15F2N3O3/c1-17(12(19)10-6-13(14,15)8-16-10)7-9-4-2-3-5-11(9)18(20)21/h2-5,10,16H,6-8H2,1H3. The molecule has 6 nitrogen and oxygen atoms in total. The second-order valence-corrected chi connectivity index (χ2v) is 5.07. The van der Waals surface area contributed by atoms with Crippen LogP contribution in [-0.2, 0) is 11.3 Å². The highest BCUT2D eigenvalue weighted by Crippen LogP contribution is 2.26. The summed E-state index contributed by atoms with van der Waals surface area (Å²) in [5.74, 6) is -3.38. The molecule has 1 aliphatic heterocycles. The molecule has 114 valence electrons. The van der Waals surface area contributed by atoms with E-state index in [4.69, 9.17) is 0 Å². The molecular weight excluding hydrogens is 284 g/mol. The van der Waals surface area contributed by atoms with Gasteiger partial charge < -0.3 is 4.90 Å². The number of nitrogens with one attached hydrogen (secondary N) is 1. The average Bonchev–Trinajstić information content (AvgIpc) is 2.78. The Hall–Kier alpha value is -2.09. The van der Waals surface area contributed by atoms with Crippen molar-refractivity contribution < 1.29 is 18.5 Å². The lowest BCUT2D eigenvalue weighted by atomic mass is 10.1. The molecule has 1 saturated heterocycles. The number of carbonyl (C=O) groups excluding carboxylic acids is 1. The van der Waals surface area contributed by atoms with Gasteiger partial charge >= 0.3 is 0 Å². The van der Waals surface area contributed by atoms with Crippen molar-refractivity contribution in [2.75, 3.05) is 13.6 Å². The van der Waals surface area contributed by atoms with Gasteiger partial charge in [-0.05, 0) is 0 Å². The SMILES string of the molecule is CN(Cc1ccccc1[N+](=O)[O-])C(=O)C1CC(F)(F)CN1. The Morgan fingerprint density at radius 2 is 2.19 bits per heavy atom. The van der Waals surface area contributed by atoms with Gasteiger partial charge in [0.05, 0.1) is 24.1 Å². The summed E-state index contributed by atoms with van der Waals surface area (Å²) in [6, 6.07) is 5.09. The third kappa shape index (κ3) is 3.52. The summed E-state index contributed by atoms with van der Waals surface area (Å²) in [7, 11) is 1.44. The number of amides is 1. The van der Waals surface area contributed by atoms with Crippen LogP contribution in [0.1, 0.15) is 12.0 Å². The number of halogens is 2. The van der Waals surface area contributed by atoms with Gasteiger partial charge in [-0.1, -0.05) is 18.2 Å². The zero-order chi connectivity index (χ0) is 15.6. The monoisotopic (exact) mass is 299 g/mol. The molecule has 1 fully saturated rings. The second-order valence-electron chi connectivity index (χ2n) is 5.07. The topological polar surface area (TPSA) is 75.5 Å². The number of nitro benzene ring substituents is 1. The van der Waals surface area contributed by atoms with Crippen LogP contribution in [0.5, 0.6) is 0 Å². The first-order valence-electron chi connectivity index (χ1n) is 6.39. The lowest BCUT2D eigenvalue weighted by molar-refractivity contribution is -0.385. The summed E-state index contributed by atoms with van der Waals surface area (Å²) < 4.78 is 26.2. The molecule has 0 saturated carbocycles. The average molecular weight is 299 g/mol. The van der Waals surface area contributed by atoms with Crippen molar-refractivity contribution in [1.82, 2.24) is 10.2 Å². The van der Waals surface area contributed by atoms with Crippen LogP contribution in [0, 0.1) is 10.1 Å². The second kappa shape index (κ2) is 5.72. The van der Waals surface area contributed by atoms with E-state index in [1.165, 1.54) is 24.1 Å². The van der Waals surface area contributed by atoms with Gasteiger partial charge in [0.2, 0.25) is 5.91 Å². The number of alkyl halides is 2. The Bertz CT molecular complexity index is 565. The van der Waals surface area contributed by atoms with Crippen molar-refractivity contribution in [3.63, 3.8) is 0 Å². The van der Waals surface area contributed by atoms with E-state index in [9.17, 15) is 23.7 Å². The number of nitro groups is 1. The molecule has 8 heteroatoms. The van der Waals surface area contributed by atoms with Crippen molar-refractivity contribution in [2.24, 2.45) is 0 Å². The van der Waals surface area contributed by atoms with Gasteiger partial charge in [-0.15, -0.1) is 0 Å². The number of nitrogens with zero attached hydrogens (tertiary/aromatic N) is 2. The minimum absolute atomic E-state index is 0.000260. The molecule has 1 unspecified atom stereocenters. The van der Waals surface area contributed by atoms with Crippen molar-refractivity contribution in [2.45, 2.75) is 24.9 Å². The van der Waals surface area contributed by atoms with E-state index >= 15 is 0 Å². The third-order valence-electron chi connectivity index (χ3n) is 3.38. The molecule has 0 bridgehead atoms. The third-order valence-corrected chi connectivity index (χ3v) is 3.38. The molecule has 2 rings (SSSR count). The maximum Gasteiger partial charge on any atom is 0.274 e. The minimum Gasteiger partial charge on any atom is -0.340 e. The Labute approximate surface area is 119 Å². The van der Waals surface area contributed by atoms with Crippen molar-refractivity contribution in [1.29, 1.82) is 0 Å². The van der Waals surface area contributed by atoms with Crippen LogP contribution >= 0.6 is 0 Å². The van der Waals surface area contributed by atoms with E-state index in [1.807, 2.05) is 0 Å². The van der Waals surface area contributed by atoms with Gasteiger partial charge in [0, 0.05) is 25.1 Å². The van der Waals surface area contributed by atoms with Crippen LogP contribution < -0.4 is 5.32 Å². The number of para-hydroxylation sites is 1. The first-order chi connectivity index (χ1) is 9.80. The molecule has 0 aromatic heterocycles. The van der Waals surface area contributed by atoms with Crippen molar-refractivity contribution >= 4 is 11.6 Å². The van der Waals surface area contributed by atoms with E-state index in [2.05, 4.69) is 5.32 Å². The lowest BCUT2D eigenvalue weighted by Gasteiger charge is -2.21. The summed E-state index contributed by atoms with van der Waals surface area (Å²) in [6.45, 7) is -0.525. The van der Waals surface area contributed by atoms with E-state index in [0.717, 1.165) is 0 Å². The van der Waals surface area contributed by atoms with Crippen LogP contribution in [0.4, 0.5) is 14.5 Å². The molecule has 1 N–H and O–H groups in total. The van der Waals surface area contributed by atoms with Crippen LogP contribution in [0.3, 0.4) is 0 Å². The number of carbonyl (C=O) groups is 1. The number of benzene rings is 1. The minimum atomic E-state index is -2.89. The Kier molecular flexibility index (Phi) is 4.17. The number of hydrogen-bond acceptors (Lipinski definition) is 4. The van der Waals surface area contributed by atoms with E-state index in [-0.39, 0.29) is 12.2 Å². The van der Waals surface area contributed by atoms with Crippen LogP contribution in [-0.4, -0.2) is 41.3 Å². The summed E-state index contributed by atoms with van der Waals surface area (Å²) in [4.78, 5) is 23.7. The lowest BCUT2D eigenvalue weighted by Crippen LogP contribution is -2.41. The van der Waals surface area contributed by atoms with Gasteiger partial charge in [-0.3, -0.25) is 20.2 Å². The maximum atomic E-state index is 13.1. The fourth-order valence-corrected chi connectivity index (χ4v) is 2.31. The fraction of sp³-hybridized carbons (Fsp3) is 0.462. The van der Waals surface area contributed by atoms with Gasteiger partial charge in [-0.2, -0.15) is 0 Å². The van der Waals surface area contributed by atoms with Gasteiger partial charge in [0.15, 0.2) is 0 Å². The highest BCUT2D eigenvalue weighted by molar-refractivity contribution is 5.82. The van der Waals surface area contributed by atoms with Crippen LogP contribution in [0.25, 0.3) is 0 Å². The van der Waals surface area contributed by atoms with Crippen LogP contribution in [0.2, 0.25) is 0 Å². The first kappa shape index (κ1) is 15.3. The Morgan fingerprint density at radius 3 is 2.76 bits per heavy atom. The highest BCUT2D eigenvalue weighted by atomic mass is 19.3. The molecule has 0 aliphatic carbocycles. The van der Waals surface area contributed by atoms with E-state index < -0.39 is 35.8 Å². The van der Waals surface area contributed by atoms with Crippen LogP contribution in [0.15, 0.2) is 24.3 Å². The molecule has 1 heterocycles. The predicted molar refractivity (Wildman–Crippen MR) is 70.9 cm³/mol. The molecule has 1 atom stereocenters. The van der Waals surface area contributed by atoms with Crippen molar-refractivity contribution in [3.8, 4) is 0 Å². The van der Waals surface area contributed by atoms with Gasteiger partial charge in [0.25, 0.3) is 11.6 Å². The Morgan fingerprint density at radius 1 is 1.52 bits per heavy atom. The zero-order valence-electron chi connectivity index (χ0n) is 11.4. The number of hydrogen-bond donors (Lipinski definition) is 1. The maximum absolute atomic E-state index is 13.1. The molecule has 0 radical (unpaired) electrons. The predicted octanol–water partition coefficient (Wildman–Crippen LogP) is 1.55. The number of likely N-dealkylation sites (N-methyl/N-ethyl adjacent to an activating group) is 1. The smallest absolute Gasteiger partial charge is 0.274 e. The molecule has 1 aliphatic rings. The molecule has 0 spiro atoms. The summed E-state index contributed by atoms with van der Waals surface area (Å²) in [6.07, 6.45) is -0.549. The fourth-order valence-electron chi connectivity index (χ4n) is 2.31. The van der Waals surface area contributed by atoms with Gasteiger partial charge in [0.1, 0.15) is 0 Å². The highest BCUT2D eigenvalue weighted by Gasteiger charge is 2.43. The summed E-state index contributed by atoms with van der Waals surface area (Å²) >= 11 is 0. The van der Waals surface area contributed by atoms with E-state index in [0.29, 0.717) is 5.56 Å². The molecule has 21 heavy (non-hydrogen) atoms. The molecular formula is C13H15F2N3O3. The zero-order valence-corrected chi connectivity index (χ0v) is 11.4. The molecule has 1 amide bonds. The molecule has 1 aromatic rings. The number of rotatable bonds is 4. The summed E-state index contributed by atoms with van der Waals surface area (Å²) in [5, 5.41) is 13.4. The largest absolute Gasteiger partial charge is 0.340 e. The molecule has 1 aromatic carbocycles. The normalized spacial score (nSPS) is 20.2.